The van der Waals surface area contributed by atoms with Gasteiger partial charge in [-0.15, -0.1) is 0 Å². The molecule has 0 saturated carbocycles. The summed E-state index contributed by atoms with van der Waals surface area (Å²) in [7, 11) is 0. The van der Waals surface area contributed by atoms with Gasteiger partial charge in [0.25, 0.3) is 0 Å². The quantitative estimate of drug-likeness (QED) is 0.858. The van der Waals surface area contributed by atoms with Gasteiger partial charge in [0, 0.05) is 23.7 Å². The number of halogens is 1. The molecule has 0 radical (unpaired) electrons. The SMILES string of the molecule is Cc1nc(Cl)c(C)c(Nc2ccc3c(c2)OCCCO3)n1. The zero-order chi connectivity index (χ0) is 14.8. The van der Waals surface area contributed by atoms with Crippen molar-refractivity contribution in [2.75, 3.05) is 18.5 Å². The lowest BCUT2D eigenvalue weighted by molar-refractivity contribution is 0.297. The second kappa shape index (κ2) is 5.77. The Labute approximate surface area is 128 Å². The molecule has 0 atom stereocenters. The van der Waals surface area contributed by atoms with E-state index < -0.39 is 0 Å². The average Bonchev–Trinajstić information content (AvgIpc) is 2.69. The molecule has 1 aliphatic rings. The van der Waals surface area contributed by atoms with Gasteiger partial charge < -0.3 is 14.8 Å². The van der Waals surface area contributed by atoms with Gasteiger partial charge in [-0.25, -0.2) is 9.97 Å². The third-order valence-electron chi connectivity index (χ3n) is 3.21. The first-order chi connectivity index (χ1) is 10.1. The molecule has 0 unspecified atom stereocenters. The Morgan fingerprint density at radius 3 is 2.67 bits per heavy atom. The number of rotatable bonds is 2. The van der Waals surface area contributed by atoms with Crippen molar-refractivity contribution in [3.05, 3.63) is 34.7 Å². The molecule has 3 rings (SSSR count). The Hall–Kier alpha value is -2.01. The van der Waals surface area contributed by atoms with Crippen LogP contribution in [0.5, 0.6) is 11.5 Å². The van der Waals surface area contributed by atoms with E-state index in [9.17, 15) is 0 Å². The van der Waals surface area contributed by atoms with Crippen LogP contribution >= 0.6 is 11.6 Å². The topological polar surface area (TPSA) is 56.3 Å². The number of aryl methyl sites for hydroxylation is 1. The number of benzene rings is 1. The van der Waals surface area contributed by atoms with Crippen molar-refractivity contribution in [2.45, 2.75) is 20.3 Å². The lowest BCUT2D eigenvalue weighted by atomic mass is 10.2. The molecule has 2 aromatic rings. The molecular weight excluding hydrogens is 290 g/mol. The van der Waals surface area contributed by atoms with Crippen LogP contribution in [0.2, 0.25) is 5.15 Å². The smallest absolute Gasteiger partial charge is 0.163 e. The number of aromatic nitrogens is 2. The highest BCUT2D eigenvalue weighted by molar-refractivity contribution is 6.30. The van der Waals surface area contributed by atoms with E-state index in [0.717, 1.165) is 29.2 Å². The number of nitrogens with zero attached hydrogens (tertiary/aromatic N) is 2. The second-order valence-electron chi connectivity index (χ2n) is 4.87. The van der Waals surface area contributed by atoms with Crippen molar-refractivity contribution in [2.24, 2.45) is 0 Å². The van der Waals surface area contributed by atoms with Crippen LogP contribution in [0.3, 0.4) is 0 Å². The molecule has 0 spiro atoms. The predicted octanol–water partition coefficient (Wildman–Crippen LogP) is 3.65. The summed E-state index contributed by atoms with van der Waals surface area (Å²) in [5, 5.41) is 3.71. The molecular formula is C15H16ClN3O2. The van der Waals surface area contributed by atoms with E-state index >= 15 is 0 Å². The van der Waals surface area contributed by atoms with Crippen molar-refractivity contribution in [3.63, 3.8) is 0 Å². The van der Waals surface area contributed by atoms with Crippen molar-refractivity contribution in [3.8, 4) is 11.5 Å². The molecule has 0 fully saturated rings. The average molecular weight is 306 g/mol. The maximum absolute atomic E-state index is 6.09. The Kier molecular flexibility index (Phi) is 3.84. The summed E-state index contributed by atoms with van der Waals surface area (Å²) in [4.78, 5) is 8.51. The van der Waals surface area contributed by atoms with Crippen LogP contribution in [-0.4, -0.2) is 23.2 Å². The van der Waals surface area contributed by atoms with Crippen molar-refractivity contribution in [1.82, 2.24) is 9.97 Å². The van der Waals surface area contributed by atoms with Crippen LogP contribution in [0, 0.1) is 13.8 Å². The van der Waals surface area contributed by atoms with E-state index in [0.29, 0.717) is 30.0 Å². The molecule has 2 heterocycles. The maximum atomic E-state index is 6.09. The zero-order valence-electron chi connectivity index (χ0n) is 11.9. The van der Waals surface area contributed by atoms with Crippen molar-refractivity contribution >= 4 is 23.1 Å². The fourth-order valence-corrected chi connectivity index (χ4v) is 2.31. The molecule has 5 nitrogen and oxygen atoms in total. The molecule has 1 aromatic carbocycles. The number of ether oxygens (including phenoxy) is 2. The van der Waals surface area contributed by atoms with Gasteiger partial charge >= 0.3 is 0 Å². The second-order valence-corrected chi connectivity index (χ2v) is 5.23. The fourth-order valence-electron chi connectivity index (χ4n) is 2.09. The number of fused-ring (bicyclic) bond motifs is 1. The van der Waals surface area contributed by atoms with E-state index in [1.807, 2.05) is 32.0 Å². The lowest BCUT2D eigenvalue weighted by Crippen LogP contribution is -2.01. The Balaban J connectivity index is 1.90. The summed E-state index contributed by atoms with van der Waals surface area (Å²) in [6.45, 7) is 5.03. The van der Waals surface area contributed by atoms with Crippen LogP contribution in [0.4, 0.5) is 11.5 Å². The monoisotopic (exact) mass is 305 g/mol. The van der Waals surface area contributed by atoms with Gasteiger partial charge in [0.2, 0.25) is 0 Å². The van der Waals surface area contributed by atoms with E-state index in [-0.39, 0.29) is 0 Å². The molecule has 0 saturated heterocycles. The molecule has 110 valence electrons. The Bertz CT molecular complexity index is 676. The van der Waals surface area contributed by atoms with Crippen molar-refractivity contribution in [1.29, 1.82) is 0 Å². The third kappa shape index (κ3) is 3.03. The zero-order valence-corrected chi connectivity index (χ0v) is 12.7. The highest BCUT2D eigenvalue weighted by Gasteiger charge is 2.12. The number of anilines is 2. The maximum Gasteiger partial charge on any atom is 0.163 e. The first kappa shape index (κ1) is 13.9. The summed E-state index contributed by atoms with van der Waals surface area (Å²) < 4.78 is 11.3. The standard InChI is InChI=1S/C15H16ClN3O2/c1-9-14(16)17-10(2)18-15(9)19-11-4-5-12-13(8-11)21-7-3-6-20-12/h4-5,8H,3,6-7H2,1-2H3,(H,17,18,19). The minimum Gasteiger partial charge on any atom is -0.490 e. The Morgan fingerprint density at radius 1 is 1.10 bits per heavy atom. The van der Waals surface area contributed by atoms with E-state index in [1.165, 1.54) is 0 Å². The molecule has 0 bridgehead atoms. The number of nitrogens with one attached hydrogen (secondary N) is 1. The van der Waals surface area contributed by atoms with Crippen molar-refractivity contribution < 1.29 is 9.47 Å². The minimum atomic E-state index is 0.458. The van der Waals surface area contributed by atoms with E-state index in [4.69, 9.17) is 21.1 Å². The van der Waals surface area contributed by atoms with Gasteiger partial charge in [-0.3, -0.25) is 0 Å². The van der Waals surface area contributed by atoms with Gasteiger partial charge in [-0.05, 0) is 26.0 Å². The molecule has 0 amide bonds. The number of hydrogen-bond acceptors (Lipinski definition) is 5. The normalized spacial score (nSPS) is 13.7. The molecule has 1 aliphatic heterocycles. The molecule has 6 heteroatoms. The van der Waals surface area contributed by atoms with Crippen LogP contribution in [-0.2, 0) is 0 Å². The van der Waals surface area contributed by atoms with Gasteiger partial charge in [0.15, 0.2) is 11.5 Å². The van der Waals surface area contributed by atoms with Gasteiger partial charge in [-0.2, -0.15) is 0 Å². The van der Waals surface area contributed by atoms with Crippen LogP contribution in [0.1, 0.15) is 17.8 Å². The summed E-state index contributed by atoms with van der Waals surface area (Å²) in [5.74, 6) is 2.84. The molecule has 1 N–H and O–H groups in total. The summed E-state index contributed by atoms with van der Waals surface area (Å²) in [6.07, 6.45) is 0.886. The summed E-state index contributed by atoms with van der Waals surface area (Å²) in [5.41, 5.74) is 1.69. The predicted molar refractivity (Wildman–Crippen MR) is 81.8 cm³/mol. The largest absolute Gasteiger partial charge is 0.490 e. The molecule has 0 aliphatic carbocycles. The van der Waals surface area contributed by atoms with E-state index in [1.54, 1.807) is 0 Å². The minimum absolute atomic E-state index is 0.458. The van der Waals surface area contributed by atoms with Gasteiger partial charge in [-0.1, -0.05) is 11.6 Å². The Morgan fingerprint density at radius 2 is 1.86 bits per heavy atom. The van der Waals surface area contributed by atoms with Gasteiger partial charge in [0.05, 0.1) is 13.2 Å². The van der Waals surface area contributed by atoms with Crippen LogP contribution in [0.25, 0.3) is 0 Å². The highest BCUT2D eigenvalue weighted by atomic mass is 35.5. The summed E-state index contributed by atoms with van der Waals surface area (Å²) >= 11 is 6.09. The fraction of sp³-hybridized carbons (Fsp3) is 0.333. The highest BCUT2D eigenvalue weighted by Crippen LogP contribution is 2.33. The third-order valence-corrected chi connectivity index (χ3v) is 3.58. The van der Waals surface area contributed by atoms with E-state index in [2.05, 4.69) is 15.3 Å². The lowest BCUT2D eigenvalue weighted by Gasteiger charge is -2.13. The van der Waals surface area contributed by atoms with Crippen LogP contribution in [0.15, 0.2) is 18.2 Å². The first-order valence-corrected chi connectivity index (χ1v) is 7.19. The molecule has 1 aromatic heterocycles. The summed E-state index contributed by atoms with van der Waals surface area (Å²) in [6, 6.07) is 5.73. The van der Waals surface area contributed by atoms with Crippen LogP contribution < -0.4 is 14.8 Å². The number of hydrogen-bond donors (Lipinski definition) is 1. The molecule has 21 heavy (non-hydrogen) atoms. The van der Waals surface area contributed by atoms with Gasteiger partial charge in [0.1, 0.15) is 16.8 Å². The first-order valence-electron chi connectivity index (χ1n) is 6.81.